The van der Waals surface area contributed by atoms with Gasteiger partial charge in [0.1, 0.15) is 0 Å². The largest absolute Gasteiger partial charge is 0.340 e. The molecule has 108 valence electrons. The van der Waals surface area contributed by atoms with Crippen molar-refractivity contribution in [2.45, 2.75) is 24.3 Å². The smallest absolute Gasteiger partial charge is 0.277 e. The van der Waals surface area contributed by atoms with Crippen LogP contribution in [0.1, 0.15) is 13.8 Å². The Labute approximate surface area is 120 Å². The maximum Gasteiger partial charge on any atom is 0.277 e. The van der Waals surface area contributed by atoms with Crippen LogP contribution in [0, 0.1) is 0 Å². The lowest BCUT2D eigenvalue weighted by Crippen LogP contribution is -2.44. The van der Waals surface area contributed by atoms with Crippen LogP contribution < -0.4 is 15.8 Å². The molecule has 1 fully saturated rings. The Hall–Kier alpha value is -1.54. The molecular formula is C12H18N6OS. The van der Waals surface area contributed by atoms with Crippen molar-refractivity contribution in [2.75, 3.05) is 31.1 Å². The standard InChI is InChI=1S/C12H18N6OS/c1-7(2)20-12-16-9-8(10(19)17-12)14-11(15-9)18-5-3-13-4-6-18/h7,13H,3-6H2,1-2H3,(H2,14,15,16,17,19). The summed E-state index contributed by atoms with van der Waals surface area (Å²) in [6.45, 7) is 7.73. The van der Waals surface area contributed by atoms with E-state index in [1.165, 1.54) is 11.8 Å². The molecule has 2 aromatic rings. The lowest BCUT2D eigenvalue weighted by Gasteiger charge is -2.26. The minimum Gasteiger partial charge on any atom is -0.340 e. The molecule has 0 amide bonds. The van der Waals surface area contributed by atoms with Crippen molar-refractivity contribution in [1.29, 1.82) is 0 Å². The summed E-state index contributed by atoms with van der Waals surface area (Å²) in [6, 6.07) is 0. The summed E-state index contributed by atoms with van der Waals surface area (Å²) in [7, 11) is 0. The monoisotopic (exact) mass is 294 g/mol. The van der Waals surface area contributed by atoms with E-state index in [1.807, 2.05) is 0 Å². The molecule has 0 spiro atoms. The van der Waals surface area contributed by atoms with Gasteiger partial charge in [-0.3, -0.25) is 9.78 Å². The molecule has 0 aliphatic carbocycles. The van der Waals surface area contributed by atoms with Crippen molar-refractivity contribution in [2.24, 2.45) is 0 Å². The van der Waals surface area contributed by atoms with Crippen molar-refractivity contribution >= 4 is 28.9 Å². The van der Waals surface area contributed by atoms with E-state index in [-0.39, 0.29) is 5.56 Å². The molecule has 0 bridgehead atoms. The van der Waals surface area contributed by atoms with Crippen LogP contribution in [0.2, 0.25) is 0 Å². The molecule has 1 saturated heterocycles. The van der Waals surface area contributed by atoms with E-state index >= 15 is 0 Å². The zero-order valence-corrected chi connectivity index (χ0v) is 12.4. The van der Waals surface area contributed by atoms with Crippen molar-refractivity contribution in [3.63, 3.8) is 0 Å². The highest BCUT2D eigenvalue weighted by Gasteiger charge is 2.17. The summed E-state index contributed by atoms with van der Waals surface area (Å²) < 4.78 is 0. The Morgan fingerprint density at radius 1 is 1.20 bits per heavy atom. The second-order valence-corrected chi connectivity index (χ2v) is 6.60. The fraction of sp³-hybridized carbons (Fsp3) is 0.583. The van der Waals surface area contributed by atoms with Gasteiger partial charge in [0.05, 0.1) is 0 Å². The average Bonchev–Trinajstić information content (AvgIpc) is 2.83. The topological polar surface area (TPSA) is 89.7 Å². The third kappa shape index (κ3) is 2.66. The fourth-order valence-electron chi connectivity index (χ4n) is 2.18. The number of thioether (sulfide) groups is 1. The molecule has 1 aliphatic rings. The molecule has 2 aromatic heterocycles. The summed E-state index contributed by atoms with van der Waals surface area (Å²) in [6.07, 6.45) is 0. The van der Waals surface area contributed by atoms with Crippen molar-refractivity contribution in [3.8, 4) is 0 Å². The maximum atomic E-state index is 12.1. The molecule has 8 heteroatoms. The van der Waals surface area contributed by atoms with E-state index in [1.54, 1.807) is 0 Å². The van der Waals surface area contributed by atoms with Crippen molar-refractivity contribution in [1.82, 2.24) is 25.3 Å². The molecule has 3 rings (SSSR count). The third-order valence-corrected chi connectivity index (χ3v) is 3.98. The Morgan fingerprint density at radius 3 is 2.65 bits per heavy atom. The highest BCUT2D eigenvalue weighted by Crippen LogP contribution is 2.20. The highest BCUT2D eigenvalue weighted by atomic mass is 32.2. The van der Waals surface area contributed by atoms with Crippen LogP contribution in [-0.2, 0) is 0 Å². The van der Waals surface area contributed by atoms with Crippen molar-refractivity contribution in [3.05, 3.63) is 10.4 Å². The molecule has 3 N–H and O–H groups in total. The third-order valence-electron chi connectivity index (χ3n) is 3.09. The number of rotatable bonds is 3. The van der Waals surface area contributed by atoms with Crippen LogP contribution in [-0.4, -0.2) is 51.4 Å². The summed E-state index contributed by atoms with van der Waals surface area (Å²) in [5.74, 6) is 0.728. The first kappa shape index (κ1) is 13.4. The molecule has 7 nitrogen and oxygen atoms in total. The van der Waals surface area contributed by atoms with Gasteiger partial charge in [0.25, 0.3) is 5.56 Å². The van der Waals surface area contributed by atoms with Gasteiger partial charge < -0.3 is 15.2 Å². The molecular weight excluding hydrogens is 276 g/mol. The molecule has 0 aromatic carbocycles. The number of anilines is 1. The van der Waals surface area contributed by atoms with Crippen LogP contribution in [0.25, 0.3) is 11.2 Å². The van der Waals surface area contributed by atoms with Crippen LogP contribution in [0.15, 0.2) is 9.95 Å². The van der Waals surface area contributed by atoms with Gasteiger partial charge in [-0.15, -0.1) is 0 Å². The number of imidazole rings is 1. The molecule has 0 atom stereocenters. The second kappa shape index (κ2) is 5.45. The molecule has 0 unspecified atom stereocenters. The molecule has 20 heavy (non-hydrogen) atoms. The van der Waals surface area contributed by atoms with Crippen LogP contribution in [0.3, 0.4) is 0 Å². The van der Waals surface area contributed by atoms with Gasteiger partial charge in [-0.2, -0.15) is 4.98 Å². The number of fused-ring (bicyclic) bond motifs is 1. The second-order valence-electron chi connectivity index (χ2n) is 5.03. The first-order valence-corrected chi connectivity index (χ1v) is 7.64. The summed E-state index contributed by atoms with van der Waals surface area (Å²) in [4.78, 5) is 29.0. The maximum absolute atomic E-state index is 12.1. The Morgan fingerprint density at radius 2 is 1.95 bits per heavy atom. The van der Waals surface area contributed by atoms with Gasteiger partial charge in [-0.05, 0) is 0 Å². The summed E-state index contributed by atoms with van der Waals surface area (Å²) >= 11 is 1.53. The van der Waals surface area contributed by atoms with Crippen LogP contribution in [0.5, 0.6) is 0 Å². The van der Waals surface area contributed by atoms with Crippen LogP contribution in [0.4, 0.5) is 5.95 Å². The van der Waals surface area contributed by atoms with Gasteiger partial charge in [0.2, 0.25) is 5.95 Å². The lowest BCUT2D eigenvalue weighted by molar-refractivity contribution is 0.582. The van der Waals surface area contributed by atoms with E-state index in [4.69, 9.17) is 0 Å². The number of nitrogens with one attached hydrogen (secondary N) is 3. The lowest BCUT2D eigenvalue weighted by atomic mass is 10.4. The normalized spacial score (nSPS) is 16.2. The first-order chi connectivity index (χ1) is 9.63. The van der Waals surface area contributed by atoms with E-state index in [0.717, 1.165) is 32.1 Å². The minimum atomic E-state index is -0.160. The quantitative estimate of drug-likeness (QED) is 0.566. The summed E-state index contributed by atoms with van der Waals surface area (Å²) in [5, 5.41) is 4.27. The molecule has 1 aliphatic heterocycles. The average molecular weight is 294 g/mol. The van der Waals surface area contributed by atoms with E-state index in [0.29, 0.717) is 21.6 Å². The summed E-state index contributed by atoms with van der Waals surface area (Å²) in [5.41, 5.74) is 0.782. The predicted octanol–water partition coefficient (Wildman–Crippen LogP) is 0.556. The van der Waals surface area contributed by atoms with Gasteiger partial charge in [-0.1, -0.05) is 25.6 Å². The zero-order valence-electron chi connectivity index (χ0n) is 11.6. The van der Waals surface area contributed by atoms with Gasteiger partial charge in [-0.25, -0.2) is 4.98 Å². The van der Waals surface area contributed by atoms with Gasteiger partial charge >= 0.3 is 0 Å². The predicted molar refractivity (Wildman–Crippen MR) is 80.6 cm³/mol. The van der Waals surface area contributed by atoms with Gasteiger partial charge in [0.15, 0.2) is 16.3 Å². The zero-order chi connectivity index (χ0) is 14.1. The number of hydrogen-bond acceptors (Lipinski definition) is 6. The Bertz CT molecular complexity index is 658. The molecule has 0 radical (unpaired) electrons. The number of hydrogen-bond donors (Lipinski definition) is 3. The van der Waals surface area contributed by atoms with Gasteiger partial charge in [0, 0.05) is 31.4 Å². The van der Waals surface area contributed by atoms with E-state index in [9.17, 15) is 4.79 Å². The molecule has 3 heterocycles. The van der Waals surface area contributed by atoms with E-state index < -0.39 is 0 Å². The van der Waals surface area contributed by atoms with Crippen molar-refractivity contribution < 1.29 is 0 Å². The van der Waals surface area contributed by atoms with E-state index in [2.05, 4.69) is 44.0 Å². The SMILES string of the molecule is CC(C)Sc1nc2nc(N3CCNCC3)[nH]c2c(=O)[nH]1. The Kier molecular flexibility index (Phi) is 3.66. The number of H-pyrrole nitrogens is 2. The number of piperazine rings is 1. The van der Waals surface area contributed by atoms with Crippen LogP contribution >= 0.6 is 11.8 Å². The molecule has 0 saturated carbocycles. The number of aromatic amines is 2. The minimum absolute atomic E-state index is 0.160. The Balaban J connectivity index is 1.97. The fourth-order valence-corrected chi connectivity index (χ4v) is 2.92. The number of aromatic nitrogens is 4. The number of nitrogens with zero attached hydrogens (tertiary/aromatic N) is 3. The highest BCUT2D eigenvalue weighted by molar-refractivity contribution is 7.99. The first-order valence-electron chi connectivity index (χ1n) is 6.76.